The summed E-state index contributed by atoms with van der Waals surface area (Å²) >= 11 is 3.21. The lowest BCUT2D eigenvalue weighted by Gasteiger charge is -2.39. The molecule has 1 aliphatic rings. The van der Waals surface area contributed by atoms with Crippen LogP contribution in [0.2, 0.25) is 0 Å². The molecule has 0 spiro atoms. The number of hydrogen-bond donors (Lipinski definition) is 1. The van der Waals surface area contributed by atoms with Crippen LogP contribution in [0.4, 0.5) is 0 Å². The summed E-state index contributed by atoms with van der Waals surface area (Å²) in [4.78, 5) is 27.0. The van der Waals surface area contributed by atoms with E-state index in [2.05, 4.69) is 21.2 Å². The van der Waals surface area contributed by atoms with Crippen molar-refractivity contribution in [2.24, 2.45) is 5.41 Å². The van der Waals surface area contributed by atoms with Gasteiger partial charge in [0.05, 0.1) is 5.41 Å². The maximum Gasteiger partial charge on any atom is 0.289 e. The Morgan fingerprint density at radius 2 is 2.00 bits per heavy atom. The third-order valence-electron chi connectivity index (χ3n) is 4.61. The van der Waals surface area contributed by atoms with Crippen molar-refractivity contribution >= 4 is 27.7 Å². The number of likely N-dealkylation sites (tertiary alicyclic amines) is 1. The summed E-state index contributed by atoms with van der Waals surface area (Å²) in [7, 11) is 0. The summed E-state index contributed by atoms with van der Waals surface area (Å²) in [5, 5.41) is 3.00. The average Bonchev–Trinajstić information content (AvgIpc) is 3.06. The van der Waals surface area contributed by atoms with Crippen LogP contribution in [0.15, 0.2) is 51.6 Å². The van der Waals surface area contributed by atoms with Gasteiger partial charge >= 0.3 is 0 Å². The first kappa shape index (κ1) is 17.7. The second kappa shape index (κ2) is 7.44. The molecule has 2 amide bonds. The fourth-order valence-corrected chi connectivity index (χ4v) is 3.48. The highest BCUT2D eigenvalue weighted by atomic mass is 79.9. The number of nitrogens with zero attached hydrogens (tertiary/aromatic N) is 1. The van der Waals surface area contributed by atoms with Gasteiger partial charge < -0.3 is 14.6 Å². The minimum Gasteiger partial charge on any atom is -0.444 e. The van der Waals surface area contributed by atoms with Crippen molar-refractivity contribution in [3.05, 3.63) is 58.5 Å². The van der Waals surface area contributed by atoms with Crippen LogP contribution in [0.3, 0.4) is 0 Å². The molecule has 2 aromatic rings. The Bertz CT molecular complexity index is 759. The maximum absolute atomic E-state index is 12.7. The Kier molecular flexibility index (Phi) is 5.27. The highest BCUT2D eigenvalue weighted by Gasteiger charge is 2.39. The molecule has 0 bridgehead atoms. The Balaban J connectivity index is 1.64. The van der Waals surface area contributed by atoms with Gasteiger partial charge in [-0.3, -0.25) is 9.59 Å². The minimum atomic E-state index is -0.591. The zero-order chi connectivity index (χ0) is 17.9. The summed E-state index contributed by atoms with van der Waals surface area (Å²) in [6.45, 7) is 3.45. The van der Waals surface area contributed by atoms with Crippen LogP contribution in [0, 0.1) is 5.41 Å². The number of furan rings is 1. The summed E-state index contributed by atoms with van der Waals surface area (Å²) < 4.78 is 5.88. The predicted molar refractivity (Wildman–Crippen MR) is 97.9 cm³/mol. The first-order chi connectivity index (χ1) is 12.0. The molecule has 1 atom stereocenters. The van der Waals surface area contributed by atoms with Crippen LogP contribution in [-0.2, 0) is 11.3 Å². The van der Waals surface area contributed by atoms with Gasteiger partial charge in [0.25, 0.3) is 5.91 Å². The standard InChI is InChI=1S/C19H21BrN2O3/c1-19(18(24)21-12-14-6-3-2-4-7-14)10-5-11-22(13-19)17(23)15-8-9-16(20)25-15/h2-4,6-9H,5,10-13H2,1H3,(H,21,24)/t19-/m0/s1. The highest BCUT2D eigenvalue weighted by molar-refractivity contribution is 9.10. The second-order valence-electron chi connectivity index (χ2n) is 6.66. The van der Waals surface area contributed by atoms with E-state index in [1.165, 1.54) is 0 Å². The SMILES string of the molecule is C[C@]1(C(=O)NCc2ccccc2)CCCN(C(=O)c2ccc(Br)o2)C1. The van der Waals surface area contributed by atoms with Crippen molar-refractivity contribution in [3.8, 4) is 0 Å². The third-order valence-corrected chi connectivity index (χ3v) is 5.04. The normalized spacial score (nSPS) is 20.3. The van der Waals surface area contributed by atoms with Crippen molar-refractivity contribution in [1.82, 2.24) is 10.2 Å². The van der Waals surface area contributed by atoms with Gasteiger partial charge in [0.15, 0.2) is 10.4 Å². The lowest BCUT2D eigenvalue weighted by molar-refractivity contribution is -0.132. The molecule has 1 aliphatic heterocycles. The van der Waals surface area contributed by atoms with Gasteiger partial charge in [-0.25, -0.2) is 0 Å². The van der Waals surface area contributed by atoms with Gasteiger partial charge in [-0.15, -0.1) is 0 Å². The molecule has 5 nitrogen and oxygen atoms in total. The van der Waals surface area contributed by atoms with Gasteiger partial charge in [0, 0.05) is 19.6 Å². The minimum absolute atomic E-state index is 0.0190. The number of rotatable bonds is 4. The van der Waals surface area contributed by atoms with E-state index >= 15 is 0 Å². The van der Waals surface area contributed by atoms with Gasteiger partial charge in [-0.05, 0) is 53.4 Å². The van der Waals surface area contributed by atoms with Crippen molar-refractivity contribution in [2.45, 2.75) is 26.3 Å². The largest absolute Gasteiger partial charge is 0.444 e. The monoisotopic (exact) mass is 404 g/mol. The van der Waals surface area contributed by atoms with E-state index in [1.54, 1.807) is 17.0 Å². The number of carbonyl (C=O) groups excluding carboxylic acids is 2. The molecule has 1 fully saturated rings. The van der Waals surface area contributed by atoms with E-state index in [-0.39, 0.29) is 11.8 Å². The van der Waals surface area contributed by atoms with Crippen LogP contribution >= 0.6 is 15.9 Å². The smallest absolute Gasteiger partial charge is 0.289 e. The Hall–Kier alpha value is -2.08. The molecule has 1 N–H and O–H groups in total. The van der Waals surface area contributed by atoms with Crippen molar-refractivity contribution in [1.29, 1.82) is 0 Å². The van der Waals surface area contributed by atoms with Gasteiger partial charge in [0.1, 0.15) is 0 Å². The number of piperidine rings is 1. The average molecular weight is 405 g/mol. The van der Waals surface area contributed by atoms with E-state index in [0.717, 1.165) is 18.4 Å². The third kappa shape index (κ3) is 4.12. The number of benzene rings is 1. The first-order valence-electron chi connectivity index (χ1n) is 8.35. The summed E-state index contributed by atoms with van der Waals surface area (Å²) in [6.07, 6.45) is 1.56. The number of hydrogen-bond acceptors (Lipinski definition) is 3. The second-order valence-corrected chi connectivity index (χ2v) is 7.44. The maximum atomic E-state index is 12.7. The number of halogens is 1. The Labute approximate surface area is 155 Å². The van der Waals surface area contributed by atoms with Crippen molar-refractivity contribution in [3.63, 3.8) is 0 Å². The number of nitrogens with one attached hydrogen (secondary N) is 1. The van der Waals surface area contributed by atoms with E-state index in [4.69, 9.17) is 4.42 Å². The molecule has 1 aromatic carbocycles. The first-order valence-corrected chi connectivity index (χ1v) is 9.14. The topological polar surface area (TPSA) is 62.6 Å². The van der Waals surface area contributed by atoms with Crippen LogP contribution < -0.4 is 5.32 Å². The van der Waals surface area contributed by atoms with Crippen molar-refractivity contribution in [2.75, 3.05) is 13.1 Å². The van der Waals surface area contributed by atoms with E-state index < -0.39 is 5.41 Å². The molecule has 132 valence electrons. The summed E-state index contributed by atoms with van der Waals surface area (Å²) in [6, 6.07) is 13.2. The summed E-state index contributed by atoms with van der Waals surface area (Å²) in [5.41, 5.74) is 0.468. The fraction of sp³-hybridized carbons (Fsp3) is 0.368. The van der Waals surface area contributed by atoms with Crippen molar-refractivity contribution < 1.29 is 14.0 Å². The fourth-order valence-electron chi connectivity index (χ4n) is 3.17. The zero-order valence-corrected chi connectivity index (χ0v) is 15.7. The molecule has 0 unspecified atom stereocenters. The molecule has 25 heavy (non-hydrogen) atoms. The van der Waals surface area contributed by atoms with Crippen LogP contribution in [-0.4, -0.2) is 29.8 Å². The lowest BCUT2D eigenvalue weighted by atomic mass is 9.80. The zero-order valence-electron chi connectivity index (χ0n) is 14.1. The predicted octanol–water partition coefficient (Wildman–Crippen LogP) is 3.60. The van der Waals surface area contributed by atoms with E-state index in [1.807, 2.05) is 37.3 Å². The molecule has 0 saturated carbocycles. The lowest BCUT2D eigenvalue weighted by Crippen LogP contribution is -2.51. The quantitative estimate of drug-likeness (QED) is 0.846. The molecular weight excluding hydrogens is 384 g/mol. The molecule has 0 aliphatic carbocycles. The Morgan fingerprint density at radius 1 is 1.24 bits per heavy atom. The molecule has 6 heteroatoms. The van der Waals surface area contributed by atoms with Gasteiger partial charge in [0.2, 0.25) is 5.91 Å². The molecule has 2 heterocycles. The summed E-state index contributed by atoms with van der Waals surface area (Å²) in [5.74, 6) is 0.0998. The molecule has 0 radical (unpaired) electrons. The van der Waals surface area contributed by atoms with Crippen LogP contribution in [0.5, 0.6) is 0 Å². The van der Waals surface area contributed by atoms with Crippen LogP contribution in [0.25, 0.3) is 0 Å². The number of carbonyl (C=O) groups is 2. The van der Waals surface area contributed by atoms with E-state index in [0.29, 0.717) is 30.1 Å². The van der Waals surface area contributed by atoms with E-state index in [9.17, 15) is 9.59 Å². The molecular formula is C19H21BrN2O3. The number of amides is 2. The highest BCUT2D eigenvalue weighted by Crippen LogP contribution is 2.31. The van der Waals surface area contributed by atoms with Crippen LogP contribution in [0.1, 0.15) is 35.9 Å². The molecule has 1 aromatic heterocycles. The van der Waals surface area contributed by atoms with Gasteiger partial charge in [-0.2, -0.15) is 0 Å². The van der Waals surface area contributed by atoms with Gasteiger partial charge in [-0.1, -0.05) is 30.3 Å². The molecule has 1 saturated heterocycles. The molecule has 3 rings (SSSR count). The Morgan fingerprint density at radius 3 is 2.68 bits per heavy atom.